The molecule has 1 unspecified atom stereocenters. The molecule has 3 heteroatoms. The first-order valence-electron chi connectivity index (χ1n) is 4.30. The summed E-state index contributed by atoms with van der Waals surface area (Å²) in [5, 5.41) is 10.8. The molecule has 72 valence electrons. The van der Waals surface area contributed by atoms with Gasteiger partial charge in [-0.15, -0.1) is 6.58 Å². The molecule has 2 aromatic rings. The minimum atomic E-state index is -0.616. The normalized spacial score (nSPS) is 13.0. The number of aromatic nitrogens is 1. The molecule has 0 bridgehead atoms. The summed E-state index contributed by atoms with van der Waals surface area (Å²) in [5.74, 6) is 0. The number of nitrogens with one attached hydrogen (secondary N) is 1. The maximum atomic E-state index is 9.66. The Labute approximate surface area is 95.8 Å². The van der Waals surface area contributed by atoms with Crippen LogP contribution in [0.15, 0.2) is 36.9 Å². The Bertz CT molecular complexity index is 475. The Kier molecular flexibility index (Phi) is 2.60. The molecule has 1 aromatic carbocycles. The molecule has 0 aliphatic carbocycles. The van der Waals surface area contributed by atoms with E-state index in [2.05, 4.69) is 34.2 Å². The van der Waals surface area contributed by atoms with Crippen molar-refractivity contribution >= 4 is 33.5 Å². The molecule has 0 aliphatic heterocycles. The van der Waals surface area contributed by atoms with Gasteiger partial charge in [-0.3, -0.25) is 0 Å². The molecule has 14 heavy (non-hydrogen) atoms. The molecule has 1 atom stereocenters. The quantitative estimate of drug-likeness (QED) is 0.649. The van der Waals surface area contributed by atoms with Crippen molar-refractivity contribution in [3.8, 4) is 0 Å². The molecular weight excluding hydrogens is 289 g/mol. The van der Waals surface area contributed by atoms with Crippen LogP contribution in [0.3, 0.4) is 0 Å². The highest BCUT2D eigenvalue weighted by Crippen LogP contribution is 2.28. The predicted octanol–water partition coefficient (Wildman–Crippen LogP) is 2.99. The number of para-hydroxylation sites is 1. The van der Waals surface area contributed by atoms with Crippen LogP contribution in [-0.2, 0) is 0 Å². The lowest BCUT2D eigenvalue weighted by Crippen LogP contribution is -1.94. The van der Waals surface area contributed by atoms with Gasteiger partial charge in [0.05, 0.1) is 5.69 Å². The topological polar surface area (TPSA) is 36.0 Å². The van der Waals surface area contributed by atoms with Crippen molar-refractivity contribution in [3.05, 3.63) is 46.2 Å². The number of fused-ring (bicyclic) bond motifs is 1. The summed E-state index contributed by atoms with van der Waals surface area (Å²) in [5.41, 5.74) is 1.87. The van der Waals surface area contributed by atoms with Crippen LogP contribution in [0.4, 0.5) is 0 Å². The van der Waals surface area contributed by atoms with Gasteiger partial charge < -0.3 is 10.1 Å². The number of aromatic amines is 1. The molecular formula is C11H10INO. The van der Waals surface area contributed by atoms with Crippen LogP contribution < -0.4 is 0 Å². The summed E-state index contributed by atoms with van der Waals surface area (Å²) < 4.78 is 1.06. The van der Waals surface area contributed by atoms with Crippen LogP contribution in [0.25, 0.3) is 10.9 Å². The van der Waals surface area contributed by atoms with E-state index in [4.69, 9.17) is 0 Å². The van der Waals surface area contributed by atoms with Gasteiger partial charge in [0, 0.05) is 14.5 Å². The fraction of sp³-hybridized carbons (Fsp3) is 0.0909. The third-order valence-electron chi connectivity index (χ3n) is 2.19. The van der Waals surface area contributed by atoms with E-state index < -0.39 is 6.10 Å². The second kappa shape index (κ2) is 3.74. The molecule has 1 heterocycles. The van der Waals surface area contributed by atoms with Crippen LogP contribution in [0.5, 0.6) is 0 Å². The van der Waals surface area contributed by atoms with Gasteiger partial charge in [-0.2, -0.15) is 0 Å². The molecule has 0 spiro atoms. The van der Waals surface area contributed by atoms with Crippen molar-refractivity contribution < 1.29 is 5.11 Å². The number of hydrogen-bond donors (Lipinski definition) is 2. The van der Waals surface area contributed by atoms with Crippen molar-refractivity contribution in [1.29, 1.82) is 0 Å². The maximum Gasteiger partial charge on any atom is 0.113 e. The zero-order valence-electron chi connectivity index (χ0n) is 7.50. The van der Waals surface area contributed by atoms with E-state index in [1.807, 2.05) is 24.3 Å². The van der Waals surface area contributed by atoms with Gasteiger partial charge >= 0.3 is 0 Å². The van der Waals surface area contributed by atoms with Crippen molar-refractivity contribution in [1.82, 2.24) is 4.98 Å². The van der Waals surface area contributed by atoms with Gasteiger partial charge in [-0.1, -0.05) is 24.3 Å². The lowest BCUT2D eigenvalue weighted by Gasteiger charge is -2.01. The van der Waals surface area contributed by atoms with Crippen LogP contribution in [0.1, 0.15) is 11.8 Å². The summed E-state index contributed by atoms with van der Waals surface area (Å²) in [6, 6.07) is 7.99. The number of hydrogen-bond acceptors (Lipinski definition) is 1. The highest BCUT2D eigenvalue weighted by molar-refractivity contribution is 14.1. The SMILES string of the molecule is C=CC(O)c1[nH]c2ccccc2c1I. The van der Waals surface area contributed by atoms with Gasteiger partial charge in [0.1, 0.15) is 6.10 Å². The van der Waals surface area contributed by atoms with Crippen molar-refractivity contribution in [2.45, 2.75) is 6.10 Å². The average Bonchev–Trinajstić information content (AvgIpc) is 2.56. The highest BCUT2D eigenvalue weighted by Gasteiger charge is 2.12. The molecule has 0 fully saturated rings. The van der Waals surface area contributed by atoms with E-state index in [1.54, 1.807) is 0 Å². The van der Waals surface area contributed by atoms with E-state index in [0.29, 0.717) is 0 Å². The minimum absolute atomic E-state index is 0.616. The Morgan fingerprint density at radius 1 is 1.43 bits per heavy atom. The zero-order chi connectivity index (χ0) is 10.1. The fourth-order valence-corrected chi connectivity index (χ4v) is 2.37. The number of H-pyrrole nitrogens is 1. The van der Waals surface area contributed by atoms with Crippen LogP contribution in [-0.4, -0.2) is 10.1 Å². The minimum Gasteiger partial charge on any atom is -0.383 e. The summed E-state index contributed by atoms with van der Waals surface area (Å²) in [6.07, 6.45) is 0.904. The van der Waals surface area contributed by atoms with E-state index in [1.165, 1.54) is 6.08 Å². The second-order valence-corrected chi connectivity index (χ2v) is 4.16. The van der Waals surface area contributed by atoms with Gasteiger partial charge in [0.25, 0.3) is 0 Å². The number of benzene rings is 1. The average molecular weight is 299 g/mol. The fourth-order valence-electron chi connectivity index (χ4n) is 1.45. The molecule has 1 aromatic heterocycles. The van der Waals surface area contributed by atoms with Crippen LogP contribution in [0.2, 0.25) is 0 Å². The van der Waals surface area contributed by atoms with Crippen LogP contribution in [0, 0.1) is 3.57 Å². The lowest BCUT2D eigenvalue weighted by atomic mass is 10.2. The predicted molar refractivity (Wildman–Crippen MR) is 66.2 cm³/mol. The molecule has 0 saturated carbocycles. The Hall–Kier alpha value is -0.810. The molecule has 0 aliphatic rings. The molecule has 0 radical (unpaired) electrons. The third kappa shape index (κ3) is 1.46. The van der Waals surface area contributed by atoms with Crippen molar-refractivity contribution in [2.75, 3.05) is 0 Å². The Balaban J connectivity index is 2.68. The summed E-state index contributed by atoms with van der Waals surface area (Å²) in [6.45, 7) is 3.57. The summed E-state index contributed by atoms with van der Waals surface area (Å²) in [4.78, 5) is 3.19. The van der Waals surface area contributed by atoms with Crippen molar-refractivity contribution in [3.63, 3.8) is 0 Å². The highest BCUT2D eigenvalue weighted by atomic mass is 127. The third-order valence-corrected chi connectivity index (χ3v) is 3.35. The maximum absolute atomic E-state index is 9.66. The van der Waals surface area contributed by atoms with E-state index in [0.717, 1.165) is 20.2 Å². The first-order valence-corrected chi connectivity index (χ1v) is 5.38. The van der Waals surface area contributed by atoms with Gasteiger partial charge in [0.15, 0.2) is 0 Å². The Morgan fingerprint density at radius 2 is 2.14 bits per heavy atom. The molecule has 2 rings (SSSR count). The number of aliphatic hydroxyl groups excluding tert-OH is 1. The number of rotatable bonds is 2. The monoisotopic (exact) mass is 299 g/mol. The molecule has 2 N–H and O–H groups in total. The van der Waals surface area contributed by atoms with E-state index >= 15 is 0 Å². The standard InChI is InChI=1S/C11H10INO/c1-2-9(14)11-10(12)7-5-3-4-6-8(7)13-11/h2-6,9,13-14H,1H2. The zero-order valence-corrected chi connectivity index (χ0v) is 9.65. The lowest BCUT2D eigenvalue weighted by molar-refractivity contribution is 0.224. The summed E-state index contributed by atoms with van der Waals surface area (Å²) >= 11 is 2.23. The van der Waals surface area contributed by atoms with Gasteiger partial charge in [-0.05, 0) is 28.7 Å². The Morgan fingerprint density at radius 3 is 2.79 bits per heavy atom. The first-order chi connectivity index (χ1) is 6.74. The van der Waals surface area contributed by atoms with Crippen molar-refractivity contribution in [2.24, 2.45) is 0 Å². The second-order valence-electron chi connectivity index (χ2n) is 3.08. The summed E-state index contributed by atoms with van der Waals surface area (Å²) in [7, 11) is 0. The van der Waals surface area contributed by atoms with E-state index in [-0.39, 0.29) is 0 Å². The van der Waals surface area contributed by atoms with Crippen LogP contribution >= 0.6 is 22.6 Å². The largest absolute Gasteiger partial charge is 0.383 e. The number of halogens is 1. The van der Waals surface area contributed by atoms with E-state index in [9.17, 15) is 5.11 Å². The smallest absolute Gasteiger partial charge is 0.113 e. The molecule has 2 nitrogen and oxygen atoms in total. The van der Waals surface area contributed by atoms with Gasteiger partial charge in [0.2, 0.25) is 0 Å². The van der Waals surface area contributed by atoms with Gasteiger partial charge in [-0.25, -0.2) is 0 Å². The first kappa shape index (κ1) is 9.73. The molecule has 0 saturated heterocycles. The number of aliphatic hydroxyl groups is 1. The molecule has 0 amide bonds.